The summed E-state index contributed by atoms with van der Waals surface area (Å²) in [5, 5.41) is 3.96. The first kappa shape index (κ1) is 11.2. The second kappa shape index (κ2) is 4.29. The zero-order valence-electron chi connectivity index (χ0n) is 7.81. The van der Waals surface area contributed by atoms with Gasteiger partial charge in [0.25, 0.3) is 0 Å². The van der Waals surface area contributed by atoms with Crippen LogP contribution in [0.3, 0.4) is 0 Å². The molecule has 16 heavy (non-hydrogen) atoms. The van der Waals surface area contributed by atoms with Crippen molar-refractivity contribution in [2.24, 2.45) is 0 Å². The fourth-order valence-corrected chi connectivity index (χ4v) is 1.49. The van der Waals surface area contributed by atoms with E-state index in [9.17, 15) is 13.2 Å². The minimum absolute atomic E-state index is 0.130. The Hall–Kier alpha value is -1.30. The molecule has 2 aromatic rings. The van der Waals surface area contributed by atoms with Gasteiger partial charge in [-0.05, 0) is 12.1 Å². The van der Waals surface area contributed by atoms with E-state index in [-0.39, 0.29) is 11.3 Å². The predicted molar refractivity (Wildman–Crippen MR) is 54.4 cm³/mol. The van der Waals surface area contributed by atoms with Crippen LogP contribution in [-0.4, -0.2) is 5.16 Å². The highest BCUT2D eigenvalue weighted by Crippen LogP contribution is 2.26. The van der Waals surface area contributed by atoms with Gasteiger partial charge < -0.3 is 4.52 Å². The average molecular weight is 292 g/mol. The summed E-state index contributed by atoms with van der Waals surface area (Å²) in [6, 6.07) is 3.41. The summed E-state index contributed by atoms with van der Waals surface area (Å²) in [5.41, 5.74) is 0.000648. The third-order valence-electron chi connectivity index (χ3n) is 2.00. The largest absolute Gasteiger partial charge is 0.360 e. The van der Waals surface area contributed by atoms with E-state index in [1.807, 2.05) is 0 Å². The van der Waals surface area contributed by atoms with Crippen LogP contribution in [0.2, 0.25) is 0 Å². The van der Waals surface area contributed by atoms with Crippen LogP contribution < -0.4 is 0 Å². The van der Waals surface area contributed by atoms with Crippen molar-refractivity contribution in [2.45, 2.75) is 5.33 Å². The summed E-state index contributed by atoms with van der Waals surface area (Å²) >= 11 is 3.13. The molecule has 1 aromatic heterocycles. The number of nitrogens with zero attached hydrogens (tertiary/aromatic N) is 1. The minimum atomic E-state index is -1.51. The molecule has 0 fully saturated rings. The molecule has 84 valence electrons. The third-order valence-corrected chi connectivity index (χ3v) is 2.55. The molecule has 0 aliphatic rings. The molecule has 2 nitrogen and oxygen atoms in total. The highest BCUT2D eigenvalue weighted by molar-refractivity contribution is 9.08. The van der Waals surface area contributed by atoms with Crippen molar-refractivity contribution >= 4 is 15.9 Å². The van der Waals surface area contributed by atoms with Crippen LogP contribution in [0.5, 0.6) is 0 Å². The Morgan fingerprint density at radius 2 is 1.94 bits per heavy atom. The second-order valence-electron chi connectivity index (χ2n) is 3.04. The van der Waals surface area contributed by atoms with Gasteiger partial charge in [0.05, 0.1) is 5.33 Å². The van der Waals surface area contributed by atoms with E-state index < -0.39 is 17.5 Å². The van der Waals surface area contributed by atoms with Crippen molar-refractivity contribution in [3.8, 4) is 11.3 Å². The third kappa shape index (κ3) is 1.84. The Kier molecular flexibility index (Phi) is 3.00. The molecule has 0 aliphatic heterocycles. The van der Waals surface area contributed by atoms with Gasteiger partial charge in [0.2, 0.25) is 0 Å². The van der Waals surface area contributed by atoms with Gasteiger partial charge in [-0.1, -0.05) is 21.1 Å². The molecule has 6 heteroatoms. The number of hydrogen-bond donors (Lipinski definition) is 0. The highest BCUT2D eigenvalue weighted by atomic mass is 79.9. The summed E-state index contributed by atoms with van der Waals surface area (Å²) in [7, 11) is 0. The Labute approximate surface area is 97.2 Å². The van der Waals surface area contributed by atoms with E-state index >= 15 is 0 Å². The number of alkyl halides is 1. The van der Waals surface area contributed by atoms with Crippen molar-refractivity contribution in [3.05, 3.63) is 41.4 Å². The van der Waals surface area contributed by atoms with Gasteiger partial charge >= 0.3 is 0 Å². The quantitative estimate of drug-likeness (QED) is 0.623. The number of aromatic nitrogens is 1. The first-order valence-corrected chi connectivity index (χ1v) is 5.41. The lowest BCUT2D eigenvalue weighted by Crippen LogP contribution is -1.93. The first-order chi connectivity index (χ1) is 7.63. The standard InChI is InChI=1S/C10H5BrF3NO/c11-4-5-3-8(15-16-5)6-1-2-7(12)10(14)9(6)13/h1-3H,4H2. The molecule has 0 aliphatic carbocycles. The summed E-state index contributed by atoms with van der Waals surface area (Å²) in [4.78, 5) is 0. The topological polar surface area (TPSA) is 26.0 Å². The van der Waals surface area contributed by atoms with E-state index in [4.69, 9.17) is 4.52 Å². The van der Waals surface area contributed by atoms with Gasteiger partial charge in [0.15, 0.2) is 17.5 Å². The monoisotopic (exact) mass is 291 g/mol. The predicted octanol–water partition coefficient (Wildman–Crippen LogP) is 3.65. The van der Waals surface area contributed by atoms with E-state index in [1.54, 1.807) is 0 Å². The first-order valence-electron chi connectivity index (χ1n) is 4.29. The van der Waals surface area contributed by atoms with Crippen molar-refractivity contribution < 1.29 is 17.7 Å². The van der Waals surface area contributed by atoms with Crippen molar-refractivity contribution in [2.75, 3.05) is 0 Å². The van der Waals surface area contributed by atoms with Crippen LogP contribution in [0, 0.1) is 17.5 Å². The Bertz CT molecular complexity index is 527. The molecule has 1 heterocycles. The zero-order chi connectivity index (χ0) is 11.7. The molecule has 0 radical (unpaired) electrons. The molecule has 0 N–H and O–H groups in total. The van der Waals surface area contributed by atoms with Crippen LogP contribution >= 0.6 is 15.9 Å². The zero-order valence-corrected chi connectivity index (χ0v) is 9.39. The molecule has 0 saturated carbocycles. The smallest absolute Gasteiger partial charge is 0.195 e. The molecule has 0 saturated heterocycles. The fraction of sp³-hybridized carbons (Fsp3) is 0.100. The van der Waals surface area contributed by atoms with Crippen LogP contribution in [0.1, 0.15) is 5.76 Å². The van der Waals surface area contributed by atoms with Crippen LogP contribution in [-0.2, 0) is 5.33 Å². The normalized spacial score (nSPS) is 10.8. The molecule has 0 spiro atoms. The molecule has 0 atom stereocenters. The van der Waals surface area contributed by atoms with E-state index in [0.29, 0.717) is 11.1 Å². The molecule has 2 rings (SSSR count). The summed E-state index contributed by atoms with van der Waals surface area (Å²) in [5.74, 6) is -3.54. The SMILES string of the molecule is Fc1ccc(-c2cc(CBr)on2)c(F)c1F. The lowest BCUT2D eigenvalue weighted by molar-refractivity contribution is 0.397. The minimum Gasteiger partial charge on any atom is -0.360 e. The summed E-state index contributed by atoms with van der Waals surface area (Å²) in [6.07, 6.45) is 0. The maximum Gasteiger partial charge on any atom is 0.195 e. The number of halogens is 4. The van der Waals surface area contributed by atoms with Gasteiger partial charge in [-0.3, -0.25) is 0 Å². The Balaban J connectivity index is 2.52. The van der Waals surface area contributed by atoms with Gasteiger partial charge in [-0.15, -0.1) is 0 Å². The molecule has 0 amide bonds. The molecule has 0 bridgehead atoms. The lowest BCUT2D eigenvalue weighted by atomic mass is 10.1. The maximum atomic E-state index is 13.4. The van der Waals surface area contributed by atoms with Crippen molar-refractivity contribution in [1.29, 1.82) is 0 Å². The van der Waals surface area contributed by atoms with E-state index in [1.165, 1.54) is 6.07 Å². The number of hydrogen-bond acceptors (Lipinski definition) is 2. The fourth-order valence-electron chi connectivity index (χ4n) is 1.23. The van der Waals surface area contributed by atoms with Crippen LogP contribution in [0.4, 0.5) is 13.2 Å². The van der Waals surface area contributed by atoms with Gasteiger partial charge in [0.1, 0.15) is 11.5 Å². The molecule has 1 aromatic carbocycles. The van der Waals surface area contributed by atoms with Gasteiger partial charge in [-0.2, -0.15) is 0 Å². The van der Waals surface area contributed by atoms with E-state index in [2.05, 4.69) is 21.1 Å². The number of rotatable bonds is 2. The Morgan fingerprint density at radius 3 is 2.56 bits per heavy atom. The molecular formula is C10H5BrF3NO. The second-order valence-corrected chi connectivity index (χ2v) is 3.60. The maximum absolute atomic E-state index is 13.4. The summed E-state index contributed by atoms with van der Waals surface area (Å²) < 4.78 is 43.8. The van der Waals surface area contributed by atoms with Gasteiger partial charge in [0, 0.05) is 11.6 Å². The Morgan fingerprint density at radius 1 is 1.19 bits per heavy atom. The lowest BCUT2D eigenvalue weighted by Gasteiger charge is -1.99. The summed E-state index contributed by atoms with van der Waals surface area (Å²) in [6.45, 7) is 0. The molecule has 0 unspecified atom stereocenters. The van der Waals surface area contributed by atoms with Crippen LogP contribution in [0.25, 0.3) is 11.3 Å². The van der Waals surface area contributed by atoms with Crippen molar-refractivity contribution in [1.82, 2.24) is 5.16 Å². The van der Waals surface area contributed by atoms with Gasteiger partial charge in [-0.25, -0.2) is 13.2 Å². The number of benzene rings is 1. The van der Waals surface area contributed by atoms with Crippen LogP contribution in [0.15, 0.2) is 22.7 Å². The average Bonchev–Trinajstić information content (AvgIpc) is 2.74. The van der Waals surface area contributed by atoms with Crippen molar-refractivity contribution in [3.63, 3.8) is 0 Å². The molecular weight excluding hydrogens is 287 g/mol. The highest BCUT2D eigenvalue weighted by Gasteiger charge is 2.17. The van der Waals surface area contributed by atoms with E-state index in [0.717, 1.165) is 12.1 Å².